The lowest BCUT2D eigenvalue weighted by Gasteiger charge is -2.06. The van der Waals surface area contributed by atoms with Gasteiger partial charge in [-0.25, -0.2) is 4.98 Å². The van der Waals surface area contributed by atoms with Crippen molar-refractivity contribution in [1.82, 2.24) is 20.2 Å². The van der Waals surface area contributed by atoms with Gasteiger partial charge < -0.3 is 10.6 Å². The standard InChI is InChI=1S/C13H18N4O2S.ClH/c1-14-5-2-6-15-11(18)3-7-17-9-16-12-10(13(17)19)4-8-20-12;/h4,8-9,14H,2-3,5-7H2,1H3,(H,15,18);1H. The number of hydrogen-bond donors (Lipinski definition) is 2. The van der Waals surface area contributed by atoms with Gasteiger partial charge in [0.05, 0.1) is 11.7 Å². The molecular weight excluding hydrogens is 312 g/mol. The Morgan fingerprint density at radius 3 is 3.00 bits per heavy atom. The van der Waals surface area contributed by atoms with E-state index in [1.807, 2.05) is 12.4 Å². The van der Waals surface area contributed by atoms with Gasteiger partial charge in [-0.05, 0) is 31.5 Å². The van der Waals surface area contributed by atoms with E-state index in [9.17, 15) is 9.59 Å². The molecule has 0 aliphatic heterocycles. The van der Waals surface area contributed by atoms with Crippen LogP contribution >= 0.6 is 23.7 Å². The number of nitrogens with one attached hydrogen (secondary N) is 2. The first kappa shape index (κ1) is 17.6. The molecule has 2 rings (SSSR count). The molecule has 0 saturated carbocycles. The van der Waals surface area contributed by atoms with E-state index in [1.54, 1.807) is 6.07 Å². The molecule has 0 atom stereocenters. The predicted molar refractivity (Wildman–Crippen MR) is 87.3 cm³/mol. The SMILES string of the molecule is CNCCCNC(=O)CCn1cnc2sccc2c1=O.Cl. The summed E-state index contributed by atoms with van der Waals surface area (Å²) in [5, 5.41) is 8.31. The first-order valence-electron chi connectivity index (χ1n) is 6.56. The van der Waals surface area contributed by atoms with Crippen LogP contribution in [0.5, 0.6) is 0 Å². The van der Waals surface area contributed by atoms with Crippen LogP contribution < -0.4 is 16.2 Å². The molecule has 0 aromatic carbocycles. The summed E-state index contributed by atoms with van der Waals surface area (Å²) in [7, 11) is 1.88. The van der Waals surface area contributed by atoms with Crippen LogP contribution in [0.2, 0.25) is 0 Å². The first-order chi connectivity index (χ1) is 9.72. The Labute approximate surface area is 133 Å². The maximum atomic E-state index is 12.1. The van der Waals surface area contributed by atoms with Gasteiger partial charge in [-0.3, -0.25) is 14.2 Å². The van der Waals surface area contributed by atoms with Gasteiger partial charge in [-0.15, -0.1) is 23.7 Å². The Hall–Kier alpha value is -1.44. The number of aryl methyl sites for hydroxylation is 1. The van der Waals surface area contributed by atoms with Crippen LogP contribution in [-0.2, 0) is 11.3 Å². The van der Waals surface area contributed by atoms with Crippen LogP contribution in [0.3, 0.4) is 0 Å². The minimum atomic E-state index is -0.0840. The van der Waals surface area contributed by atoms with Crippen molar-refractivity contribution in [2.75, 3.05) is 20.1 Å². The summed E-state index contributed by atoms with van der Waals surface area (Å²) in [5.74, 6) is -0.0431. The molecule has 0 fully saturated rings. The van der Waals surface area contributed by atoms with Gasteiger partial charge in [-0.1, -0.05) is 0 Å². The molecule has 0 aliphatic rings. The number of thiophene rings is 1. The quantitative estimate of drug-likeness (QED) is 0.742. The number of rotatable bonds is 7. The molecule has 0 aliphatic carbocycles. The van der Waals surface area contributed by atoms with Gasteiger partial charge in [-0.2, -0.15) is 0 Å². The monoisotopic (exact) mass is 330 g/mol. The van der Waals surface area contributed by atoms with Crippen molar-refractivity contribution in [3.63, 3.8) is 0 Å². The summed E-state index contributed by atoms with van der Waals surface area (Å²) in [6.45, 7) is 1.88. The summed E-state index contributed by atoms with van der Waals surface area (Å²) in [5.41, 5.74) is -0.0840. The summed E-state index contributed by atoms with van der Waals surface area (Å²) in [4.78, 5) is 28.7. The summed E-state index contributed by atoms with van der Waals surface area (Å²) in [6, 6.07) is 1.77. The van der Waals surface area contributed by atoms with E-state index in [1.165, 1.54) is 22.2 Å². The van der Waals surface area contributed by atoms with Crippen LogP contribution in [0, 0.1) is 0 Å². The molecule has 21 heavy (non-hydrogen) atoms. The average Bonchev–Trinajstić information content (AvgIpc) is 2.92. The topological polar surface area (TPSA) is 76.0 Å². The second-order valence-electron chi connectivity index (χ2n) is 4.44. The third-order valence-electron chi connectivity index (χ3n) is 2.96. The Morgan fingerprint density at radius 1 is 1.43 bits per heavy atom. The third kappa shape index (κ3) is 4.80. The van der Waals surface area contributed by atoms with Crippen LogP contribution in [0.4, 0.5) is 0 Å². The lowest BCUT2D eigenvalue weighted by atomic mass is 10.3. The maximum Gasteiger partial charge on any atom is 0.262 e. The fraction of sp³-hybridized carbons (Fsp3) is 0.462. The van der Waals surface area contributed by atoms with Gasteiger partial charge in [0.2, 0.25) is 5.91 Å². The van der Waals surface area contributed by atoms with Crippen LogP contribution in [0.15, 0.2) is 22.6 Å². The number of aromatic nitrogens is 2. The smallest absolute Gasteiger partial charge is 0.262 e. The second-order valence-corrected chi connectivity index (χ2v) is 5.33. The highest BCUT2D eigenvalue weighted by molar-refractivity contribution is 7.16. The van der Waals surface area contributed by atoms with Crippen molar-refractivity contribution in [3.05, 3.63) is 28.1 Å². The Balaban J connectivity index is 0.00000220. The van der Waals surface area contributed by atoms with Crippen LogP contribution in [0.25, 0.3) is 10.2 Å². The molecule has 0 spiro atoms. The molecule has 6 nitrogen and oxygen atoms in total. The highest BCUT2D eigenvalue weighted by Gasteiger charge is 2.06. The molecule has 0 bridgehead atoms. The van der Waals surface area contributed by atoms with Crippen molar-refractivity contribution in [3.8, 4) is 0 Å². The van der Waals surface area contributed by atoms with E-state index in [0.29, 0.717) is 18.5 Å². The zero-order valence-corrected chi connectivity index (χ0v) is 13.4. The van der Waals surface area contributed by atoms with Gasteiger partial charge in [0, 0.05) is 19.5 Å². The zero-order valence-electron chi connectivity index (χ0n) is 11.8. The molecule has 1 amide bonds. The number of nitrogens with zero attached hydrogens (tertiary/aromatic N) is 2. The second kappa shape index (κ2) is 8.76. The molecule has 0 saturated heterocycles. The molecule has 116 valence electrons. The Kier molecular flexibility index (Phi) is 7.35. The fourth-order valence-electron chi connectivity index (χ4n) is 1.86. The molecule has 0 unspecified atom stereocenters. The number of halogens is 1. The number of carbonyl (C=O) groups is 1. The van der Waals surface area contributed by atoms with Crippen LogP contribution in [0.1, 0.15) is 12.8 Å². The number of carbonyl (C=O) groups excluding carboxylic acids is 1. The molecule has 2 aromatic heterocycles. The lowest BCUT2D eigenvalue weighted by Crippen LogP contribution is -2.29. The maximum absolute atomic E-state index is 12.1. The van der Waals surface area contributed by atoms with Gasteiger partial charge >= 0.3 is 0 Å². The minimum absolute atomic E-state index is 0. The highest BCUT2D eigenvalue weighted by atomic mass is 35.5. The van der Waals surface area contributed by atoms with Crippen molar-refractivity contribution in [1.29, 1.82) is 0 Å². The van der Waals surface area contributed by atoms with Crippen molar-refractivity contribution < 1.29 is 4.79 Å². The Morgan fingerprint density at radius 2 is 2.24 bits per heavy atom. The van der Waals surface area contributed by atoms with Crippen LogP contribution in [-0.4, -0.2) is 35.6 Å². The molecule has 2 N–H and O–H groups in total. The molecule has 8 heteroatoms. The van der Waals surface area contributed by atoms with E-state index >= 15 is 0 Å². The van der Waals surface area contributed by atoms with Crippen molar-refractivity contribution in [2.24, 2.45) is 0 Å². The third-order valence-corrected chi connectivity index (χ3v) is 3.78. The summed E-state index contributed by atoms with van der Waals surface area (Å²) in [6.07, 6.45) is 2.69. The van der Waals surface area contributed by atoms with Crippen molar-refractivity contribution >= 4 is 39.9 Å². The van der Waals surface area contributed by atoms with E-state index in [4.69, 9.17) is 0 Å². The molecule has 0 radical (unpaired) electrons. The number of fused-ring (bicyclic) bond motifs is 1. The Bertz CT molecular complexity index is 640. The lowest BCUT2D eigenvalue weighted by molar-refractivity contribution is -0.121. The van der Waals surface area contributed by atoms with Crippen molar-refractivity contribution in [2.45, 2.75) is 19.4 Å². The number of amides is 1. The van der Waals surface area contributed by atoms with Gasteiger partial charge in [0.1, 0.15) is 4.83 Å². The van der Waals surface area contributed by atoms with E-state index in [0.717, 1.165) is 17.8 Å². The van der Waals surface area contributed by atoms with E-state index < -0.39 is 0 Å². The van der Waals surface area contributed by atoms with Gasteiger partial charge in [0.15, 0.2) is 0 Å². The first-order valence-corrected chi connectivity index (χ1v) is 7.44. The predicted octanol–water partition coefficient (Wildman–Crippen LogP) is 0.996. The summed E-state index contributed by atoms with van der Waals surface area (Å²) < 4.78 is 1.49. The van der Waals surface area contributed by atoms with Gasteiger partial charge in [0.25, 0.3) is 5.56 Å². The fourth-order valence-corrected chi connectivity index (χ4v) is 2.58. The van der Waals surface area contributed by atoms with E-state index in [-0.39, 0.29) is 30.3 Å². The summed E-state index contributed by atoms with van der Waals surface area (Å²) >= 11 is 1.44. The molecular formula is C13H19ClN4O2S. The normalized spacial score (nSPS) is 10.3. The van der Waals surface area contributed by atoms with E-state index in [2.05, 4.69) is 15.6 Å². The largest absolute Gasteiger partial charge is 0.356 e. The average molecular weight is 331 g/mol. The molecule has 2 heterocycles. The zero-order chi connectivity index (χ0) is 14.4. The number of hydrogen-bond acceptors (Lipinski definition) is 5. The molecule has 2 aromatic rings. The highest BCUT2D eigenvalue weighted by Crippen LogP contribution is 2.13. The minimum Gasteiger partial charge on any atom is -0.356 e.